The van der Waals surface area contributed by atoms with E-state index in [4.69, 9.17) is 9.47 Å². The van der Waals surface area contributed by atoms with Crippen LogP contribution < -0.4 is 39.0 Å². The number of ether oxygens (including phenoxy) is 3. The summed E-state index contributed by atoms with van der Waals surface area (Å²) in [4.78, 5) is 11.3. The van der Waals surface area contributed by atoms with Crippen LogP contribution in [-0.4, -0.2) is 25.0 Å². The van der Waals surface area contributed by atoms with Gasteiger partial charge in [-0.25, -0.2) is 4.79 Å². The van der Waals surface area contributed by atoms with Crippen LogP contribution in [0.3, 0.4) is 0 Å². The summed E-state index contributed by atoms with van der Waals surface area (Å²) in [5.41, 5.74) is 0. The van der Waals surface area contributed by atoms with Gasteiger partial charge in [0.05, 0.1) is 6.61 Å². The third-order valence-electron chi connectivity index (χ3n) is 2.24. The van der Waals surface area contributed by atoms with E-state index in [0.717, 1.165) is 12.1 Å². The van der Waals surface area contributed by atoms with Gasteiger partial charge in [0.1, 0.15) is 11.5 Å². The molecule has 1 aromatic carbocycles. The van der Waals surface area contributed by atoms with Crippen LogP contribution in [-0.2, 0) is 9.53 Å². The van der Waals surface area contributed by atoms with Crippen LogP contribution in [0.4, 0.5) is 13.2 Å². The normalized spacial score (nSPS) is 17.9. The molecule has 0 aromatic heterocycles. The van der Waals surface area contributed by atoms with Crippen LogP contribution in [0.2, 0.25) is 0 Å². The van der Waals surface area contributed by atoms with Crippen molar-refractivity contribution in [3.05, 3.63) is 24.3 Å². The zero-order chi connectivity index (χ0) is 13.2. The van der Waals surface area contributed by atoms with E-state index >= 15 is 0 Å². The van der Waals surface area contributed by atoms with Crippen LogP contribution in [0, 0.1) is 0 Å². The zero-order valence-corrected chi connectivity index (χ0v) is 12.1. The number of hydrogen-bond donors (Lipinski definition) is 0. The Labute approximate surface area is 130 Å². The Hall–Kier alpha value is -0.760. The van der Waals surface area contributed by atoms with Gasteiger partial charge in [-0.3, -0.25) is 0 Å². The first-order valence-corrected chi connectivity index (χ1v) is 5.13. The van der Waals surface area contributed by atoms with E-state index in [1.54, 1.807) is 0 Å². The van der Waals surface area contributed by atoms with E-state index in [1.807, 2.05) is 0 Å². The molecule has 1 aliphatic rings. The Morgan fingerprint density at radius 2 is 1.79 bits per heavy atom. The Bertz CT molecular complexity index is 434. The molecular weight excluding hydrogens is 276 g/mol. The van der Waals surface area contributed by atoms with Gasteiger partial charge in [0.2, 0.25) is 0 Å². The van der Waals surface area contributed by atoms with E-state index in [2.05, 4.69) is 4.74 Å². The number of carbonyl (C=O) groups excluding carboxylic acids is 1. The average Bonchev–Trinajstić information content (AvgIpc) is 2.16. The van der Waals surface area contributed by atoms with Crippen LogP contribution in [0.25, 0.3) is 0 Å². The largest absolute Gasteiger partial charge is 1.00 e. The second-order valence-corrected chi connectivity index (χ2v) is 3.59. The second-order valence-electron chi connectivity index (χ2n) is 3.59. The molecule has 1 saturated heterocycles. The first-order chi connectivity index (χ1) is 8.44. The first kappa shape index (κ1) is 16.3. The summed E-state index contributed by atoms with van der Waals surface area (Å²) >= 11 is 0. The van der Waals surface area contributed by atoms with Gasteiger partial charge in [0, 0.05) is 6.42 Å². The van der Waals surface area contributed by atoms with Crippen molar-refractivity contribution in [2.75, 3.05) is 6.61 Å². The monoisotopic (exact) mass is 286 g/mol. The number of halogens is 3. The fraction of sp³-hybridized carbons (Fsp3) is 0.364. The van der Waals surface area contributed by atoms with Crippen molar-refractivity contribution < 1.29 is 63.2 Å². The van der Waals surface area contributed by atoms with Crippen LogP contribution in [0.1, 0.15) is 7.85 Å². The van der Waals surface area contributed by atoms with Crippen molar-refractivity contribution >= 4 is 5.97 Å². The van der Waals surface area contributed by atoms with Gasteiger partial charge in [-0.2, -0.15) is 0 Å². The Morgan fingerprint density at radius 1 is 1.26 bits per heavy atom. The third kappa shape index (κ3) is 5.02. The number of alkyl halides is 3. The molecule has 1 unspecified atom stereocenters. The molecule has 0 aliphatic carbocycles. The summed E-state index contributed by atoms with van der Waals surface area (Å²) in [5, 5.41) is 0. The minimum Gasteiger partial charge on any atom is -1.00 e. The SMILES string of the molecule is O=C(Oc1ccc(OC(F)(F)F)cc1)C1CCO1.[H-].[Na+]. The zero-order valence-electron chi connectivity index (χ0n) is 11.1. The van der Waals surface area contributed by atoms with E-state index in [9.17, 15) is 18.0 Å². The van der Waals surface area contributed by atoms with Crippen molar-refractivity contribution in [1.82, 2.24) is 0 Å². The van der Waals surface area contributed by atoms with Gasteiger partial charge >= 0.3 is 41.9 Å². The average molecular weight is 286 g/mol. The summed E-state index contributed by atoms with van der Waals surface area (Å²) in [6.45, 7) is 0.512. The number of carbonyl (C=O) groups is 1. The molecule has 1 aromatic rings. The molecular formula is C11H10F3NaO4. The van der Waals surface area contributed by atoms with E-state index < -0.39 is 18.4 Å². The summed E-state index contributed by atoms with van der Waals surface area (Å²) in [5.74, 6) is -0.780. The molecule has 0 bridgehead atoms. The molecule has 8 heteroatoms. The van der Waals surface area contributed by atoms with Gasteiger partial charge in [-0.1, -0.05) is 0 Å². The molecule has 1 aliphatic heterocycles. The van der Waals surface area contributed by atoms with Gasteiger partial charge in [-0.05, 0) is 24.3 Å². The van der Waals surface area contributed by atoms with Crippen LogP contribution in [0.15, 0.2) is 24.3 Å². The maximum Gasteiger partial charge on any atom is 1.00 e. The smallest absolute Gasteiger partial charge is 1.00 e. The maximum atomic E-state index is 11.9. The van der Waals surface area contributed by atoms with E-state index in [-0.39, 0.29) is 42.5 Å². The number of benzene rings is 1. The van der Waals surface area contributed by atoms with Crippen LogP contribution in [0.5, 0.6) is 11.5 Å². The minimum absolute atomic E-state index is 0. The third-order valence-corrected chi connectivity index (χ3v) is 2.24. The van der Waals surface area contributed by atoms with Crippen molar-refractivity contribution in [2.45, 2.75) is 18.9 Å². The molecule has 0 N–H and O–H groups in total. The number of esters is 1. The molecule has 1 fully saturated rings. The van der Waals surface area contributed by atoms with Crippen LogP contribution >= 0.6 is 0 Å². The summed E-state index contributed by atoms with van der Waals surface area (Å²) < 4.78 is 49.1. The Morgan fingerprint density at radius 3 is 2.21 bits per heavy atom. The quantitative estimate of drug-likeness (QED) is 0.423. The number of hydrogen-bond acceptors (Lipinski definition) is 4. The van der Waals surface area contributed by atoms with Crippen molar-refractivity contribution in [1.29, 1.82) is 0 Å². The summed E-state index contributed by atoms with van der Waals surface area (Å²) in [7, 11) is 0. The predicted molar refractivity (Wildman–Crippen MR) is 54.2 cm³/mol. The van der Waals surface area contributed by atoms with E-state index in [0.29, 0.717) is 13.0 Å². The van der Waals surface area contributed by atoms with Crippen molar-refractivity contribution in [3.63, 3.8) is 0 Å². The molecule has 1 atom stereocenters. The molecule has 0 amide bonds. The molecule has 4 nitrogen and oxygen atoms in total. The summed E-state index contributed by atoms with van der Waals surface area (Å²) in [6, 6.07) is 4.57. The Balaban J connectivity index is 0.00000180. The fourth-order valence-corrected chi connectivity index (χ4v) is 1.31. The predicted octanol–water partition coefficient (Wildman–Crippen LogP) is -0.604. The second kappa shape index (κ2) is 6.60. The maximum absolute atomic E-state index is 11.9. The van der Waals surface area contributed by atoms with Gasteiger partial charge < -0.3 is 15.6 Å². The fourth-order valence-electron chi connectivity index (χ4n) is 1.31. The number of rotatable bonds is 3. The van der Waals surface area contributed by atoms with Gasteiger partial charge in [0.25, 0.3) is 0 Å². The van der Waals surface area contributed by atoms with Gasteiger partial charge in [-0.15, -0.1) is 13.2 Å². The molecule has 19 heavy (non-hydrogen) atoms. The topological polar surface area (TPSA) is 44.8 Å². The standard InChI is InChI=1S/C11H9F3O4.Na.H/c12-11(13,14)18-8-3-1-7(2-4-8)17-10(15)9-5-6-16-9;;/h1-4,9H,5-6H2;;/q;+1;-1. The first-order valence-electron chi connectivity index (χ1n) is 5.13. The molecule has 0 saturated carbocycles. The molecule has 0 spiro atoms. The summed E-state index contributed by atoms with van der Waals surface area (Å²) in [6.07, 6.45) is -4.72. The molecule has 0 radical (unpaired) electrons. The molecule has 1 heterocycles. The van der Waals surface area contributed by atoms with Crippen molar-refractivity contribution in [3.8, 4) is 11.5 Å². The molecule has 2 rings (SSSR count). The minimum atomic E-state index is -4.74. The van der Waals surface area contributed by atoms with E-state index in [1.165, 1.54) is 12.1 Å². The Kier molecular flexibility index (Phi) is 5.66. The molecule has 100 valence electrons. The van der Waals surface area contributed by atoms with Gasteiger partial charge in [0.15, 0.2) is 6.10 Å². The van der Waals surface area contributed by atoms with Crippen molar-refractivity contribution in [2.24, 2.45) is 0 Å².